The van der Waals surface area contributed by atoms with Gasteiger partial charge in [-0.1, -0.05) is 24.3 Å². The van der Waals surface area contributed by atoms with Crippen molar-refractivity contribution in [1.29, 1.82) is 0 Å². The van der Waals surface area contributed by atoms with Crippen LogP contribution < -0.4 is 4.74 Å². The molecule has 0 saturated carbocycles. The smallest absolute Gasteiger partial charge is 0.344 e. The van der Waals surface area contributed by atoms with Crippen molar-refractivity contribution in [3.05, 3.63) is 88.5 Å². The molecule has 0 radical (unpaired) electrons. The highest BCUT2D eigenvalue weighted by Crippen LogP contribution is 2.17. The number of aryl methyl sites for hydroxylation is 3. The summed E-state index contributed by atoms with van der Waals surface area (Å²) in [4.78, 5) is 24.5. The van der Waals surface area contributed by atoms with Crippen molar-refractivity contribution in [1.82, 2.24) is 4.57 Å². The predicted octanol–water partition coefficient (Wildman–Crippen LogP) is 4.60. The van der Waals surface area contributed by atoms with Gasteiger partial charge < -0.3 is 14.0 Å². The average molecular weight is 423 g/mol. The molecule has 3 rings (SSSR count). The topological polar surface area (TPSA) is 57.5 Å². The molecule has 0 N–H and O–H groups in total. The third-order valence-corrected chi connectivity index (χ3v) is 5.12. The van der Waals surface area contributed by atoms with Crippen molar-refractivity contribution < 1.29 is 23.5 Å². The lowest BCUT2D eigenvalue weighted by Crippen LogP contribution is -2.20. The van der Waals surface area contributed by atoms with Crippen LogP contribution in [0.25, 0.3) is 0 Å². The molecule has 0 fully saturated rings. The lowest BCUT2D eigenvalue weighted by atomic mass is 10.1. The molecule has 6 heteroatoms. The number of ketones is 1. The van der Waals surface area contributed by atoms with E-state index >= 15 is 0 Å². The minimum Gasteiger partial charge on any atom is -0.482 e. The van der Waals surface area contributed by atoms with Gasteiger partial charge in [-0.3, -0.25) is 4.79 Å². The molecule has 0 aliphatic heterocycles. The highest BCUT2D eigenvalue weighted by atomic mass is 19.1. The van der Waals surface area contributed by atoms with Gasteiger partial charge in [0, 0.05) is 23.5 Å². The van der Waals surface area contributed by atoms with Crippen LogP contribution in [-0.4, -0.2) is 29.5 Å². The van der Waals surface area contributed by atoms with Crippen LogP contribution in [0.15, 0.2) is 54.6 Å². The molecule has 2 aromatic carbocycles. The van der Waals surface area contributed by atoms with E-state index in [9.17, 15) is 14.0 Å². The molecule has 162 valence electrons. The van der Waals surface area contributed by atoms with Crippen molar-refractivity contribution in [3.63, 3.8) is 0 Å². The Hall–Kier alpha value is -3.41. The molecule has 3 aromatic rings. The second kappa shape index (κ2) is 10.1. The summed E-state index contributed by atoms with van der Waals surface area (Å²) in [6.45, 7) is 5.80. The highest BCUT2D eigenvalue weighted by molar-refractivity contribution is 5.99. The zero-order valence-corrected chi connectivity index (χ0v) is 18.0. The molecule has 0 saturated heterocycles. The van der Waals surface area contributed by atoms with Gasteiger partial charge in [0.05, 0.1) is 0 Å². The number of carbonyl (C=O) groups excluding carboxylic acids is 2. The number of carbonyl (C=O) groups is 2. The van der Waals surface area contributed by atoms with Crippen molar-refractivity contribution in [2.75, 3.05) is 13.2 Å². The Morgan fingerprint density at radius 3 is 2.42 bits per heavy atom. The largest absolute Gasteiger partial charge is 0.482 e. The summed E-state index contributed by atoms with van der Waals surface area (Å²) < 4.78 is 25.6. The predicted molar refractivity (Wildman–Crippen MR) is 116 cm³/mol. The van der Waals surface area contributed by atoms with Crippen LogP contribution in [0, 0.1) is 26.6 Å². The van der Waals surface area contributed by atoms with Gasteiger partial charge in [-0.2, -0.15) is 0 Å². The average Bonchev–Trinajstić information content (AvgIpc) is 3.03. The molecule has 0 bridgehead atoms. The Morgan fingerprint density at radius 2 is 1.71 bits per heavy atom. The summed E-state index contributed by atoms with van der Waals surface area (Å²) in [5.41, 5.74) is 4.33. The van der Waals surface area contributed by atoms with Gasteiger partial charge in [0.25, 0.3) is 0 Å². The monoisotopic (exact) mass is 423 g/mol. The zero-order chi connectivity index (χ0) is 22.4. The lowest BCUT2D eigenvalue weighted by molar-refractivity contribution is -0.144. The van der Waals surface area contributed by atoms with E-state index in [0.717, 1.165) is 28.9 Å². The Bertz CT molecular complexity index is 1070. The number of rotatable bonds is 9. The van der Waals surface area contributed by atoms with Gasteiger partial charge in [-0.05, 0) is 68.7 Å². The minimum atomic E-state index is -0.597. The lowest BCUT2D eigenvalue weighted by Gasteiger charge is -2.10. The van der Waals surface area contributed by atoms with E-state index in [1.165, 1.54) is 12.1 Å². The summed E-state index contributed by atoms with van der Waals surface area (Å²) in [5, 5.41) is 0. The Kier molecular flexibility index (Phi) is 7.23. The van der Waals surface area contributed by atoms with Crippen LogP contribution in [-0.2, 0) is 22.5 Å². The quantitative estimate of drug-likeness (QED) is 0.373. The van der Waals surface area contributed by atoms with Crippen LogP contribution in [0.1, 0.15) is 32.9 Å². The minimum absolute atomic E-state index is 0.257. The third kappa shape index (κ3) is 6.04. The standard InChI is InChI=1S/C25H26FNO4/c1-17-5-4-6-22(13-17)30-16-25(29)31-15-24(28)23-14-18(2)27(19(23)3)12-11-20-7-9-21(26)10-8-20/h4-10,13-14H,11-12,15-16H2,1-3H3. The van der Waals surface area contributed by atoms with E-state index in [0.29, 0.717) is 17.9 Å². The Labute approximate surface area is 181 Å². The van der Waals surface area contributed by atoms with Crippen molar-refractivity contribution in [2.45, 2.75) is 33.7 Å². The summed E-state index contributed by atoms with van der Waals surface area (Å²) >= 11 is 0. The van der Waals surface area contributed by atoms with Crippen LogP contribution in [0.3, 0.4) is 0 Å². The van der Waals surface area contributed by atoms with E-state index in [4.69, 9.17) is 9.47 Å². The molecule has 0 aliphatic rings. The number of hydrogen-bond donors (Lipinski definition) is 0. The zero-order valence-electron chi connectivity index (χ0n) is 18.0. The fourth-order valence-electron chi connectivity index (χ4n) is 3.43. The fraction of sp³-hybridized carbons (Fsp3) is 0.280. The Balaban J connectivity index is 1.53. The second-order valence-electron chi connectivity index (χ2n) is 7.50. The second-order valence-corrected chi connectivity index (χ2v) is 7.50. The van der Waals surface area contributed by atoms with Gasteiger partial charge in [0.2, 0.25) is 5.78 Å². The van der Waals surface area contributed by atoms with Crippen LogP contribution >= 0.6 is 0 Å². The summed E-state index contributed by atoms with van der Waals surface area (Å²) in [5.74, 6) is -0.540. The maximum absolute atomic E-state index is 13.1. The summed E-state index contributed by atoms with van der Waals surface area (Å²) in [6.07, 6.45) is 0.718. The van der Waals surface area contributed by atoms with Gasteiger partial charge in [0.1, 0.15) is 11.6 Å². The molecular formula is C25H26FNO4. The number of aromatic nitrogens is 1. The molecule has 0 atom stereocenters. The van der Waals surface area contributed by atoms with E-state index < -0.39 is 5.97 Å². The number of ether oxygens (including phenoxy) is 2. The van der Waals surface area contributed by atoms with Gasteiger partial charge in [-0.25, -0.2) is 9.18 Å². The van der Waals surface area contributed by atoms with Crippen LogP contribution in [0.4, 0.5) is 4.39 Å². The van der Waals surface area contributed by atoms with E-state index in [2.05, 4.69) is 0 Å². The first kappa shape index (κ1) is 22.3. The maximum atomic E-state index is 13.1. The van der Waals surface area contributed by atoms with E-state index in [-0.39, 0.29) is 24.8 Å². The molecular weight excluding hydrogens is 397 g/mol. The molecule has 5 nitrogen and oxygen atoms in total. The summed E-state index contributed by atoms with van der Waals surface area (Å²) in [6, 6.07) is 15.5. The molecule has 0 aliphatic carbocycles. The first-order valence-corrected chi connectivity index (χ1v) is 10.1. The van der Waals surface area contributed by atoms with Crippen molar-refractivity contribution in [2.24, 2.45) is 0 Å². The number of benzene rings is 2. The molecule has 1 heterocycles. The Morgan fingerprint density at radius 1 is 0.968 bits per heavy atom. The van der Waals surface area contributed by atoms with Crippen molar-refractivity contribution >= 4 is 11.8 Å². The fourth-order valence-corrected chi connectivity index (χ4v) is 3.43. The van der Waals surface area contributed by atoms with Crippen LogP contribution in [0.5, 0.6) is 5.75 Å². The molecule has 0 unspecified atom stereocenters. The molecule has 0 spiro atoms. The third-order valence-electron chi connectivity index (χ3n) is 5.12. The number of halogens is 1. The SMILES string of the molecule is Cc1cccc(OCC(=O)OCC(=O)c2cc(C)n(CCc3ccc(F)cc3)c2C)c1. The van der Waals surface area contributed by atoms with Crippen LogP contribution in [0.2, 0.25) is 0 Å². The first-order chi connectivity index (χ1) is 14.8. The number of nitrogens with zero attached hydrogens (tertiary/aromatic N) is 1. The highest BCUT2D eigenvalue weighted by Gasteiger charge is 2.17. The number of Topliss-reactive ketones (excluding diaryl/α,β-unsaturated/α-hetero) is 1. The molecule has 31 heavy (non-hydrogen) atoms. The maximum Gasteiger partial charge on any atom is 0.344 e. The normalized spacial score (nSPS) is 10.7. The van der Waals surface area contributed by atoms with Gasteiger partial charge in [-0.15, -0.1) is 0 Å². The van der Waals surface area contributed by atoms with Gasteiger partial charge >= 0.3 is 5.97 Å². The van der Waals surface area contributed by atoms with E-state index in [1.54, 1.807) is 24.3 Å². The number of esters is 1. The number of hydrogen-bond acceptors (Lipinski definition) is 4. The first-order valence-electron chi connectivity index (χ1n) is 10.1. The van der Waals surface area contributed by atoms with Gasteiger partial charge in [0.15, 0.2) is 13.2 Å². The van der Waals surface area contributed by atoms with E-state index in [1.807, 2.05) is 43.5 Å². The molecule has 1 aromatic heterocycles. The van der Waals surface area contributed by atoms with Crippen molar-refractivity contribution in [3.8, 4) is 5.75 Å². The molecule has 0 amide bonds. The summed E-state index contributed by atoms with van der Waals surface area (Å²) in [7, 11) is 0.